The summed E-state index contributed by atoms with van der Waals surface area (Å²) in [7, 11) is 2.61. The van der Waals surface area contributed by atoms with Crippen molar-refractivity contribution in [2.75, 3.05) is 19.1 Å². The van der Waals surface area contributed by atoms with Crippen LogP contribution >= 0.6 is 0 Å². The molecule has 0 aromatic heterocycles. The lowest BCUT2D eigenvalue weighted by Crippen LogP contribution is -2.54. The number of urea groups is 1. The van der Waals surface area contributed by atoms with Crippen LogP contribution in [0.5, 0.6) is 11.5 Å². The first kappa shape index (κ1) is 22.3. The largest absolute Gasteiger partial charge is 0.504 e. The van der Waals surface area contributed by atoms with E-state index in [4.69, 9.17) is 4.74 Å². The Bertz CT molecular complexity index is 1150. The number of allylic oxidation sites excluding steroid dienone is 1. The van der Waals surface area contributed by atoms with Gasteiger partial charge in [-0.05, 0) is 54.5 Å². The summed E-state index contributed by atoms with van der Waals surface area (Å²) in [6, 6.07) is 7.70. The fraction of sp³-hybridized carbons (Fsp3) is 0.130. The van der Waals surface area contributed by atoms with Gasteiger partial charge < -0.3 is 14.6 Å². The summed E-state index contributed by atoms with van der Waals surface area (Å²) >= 11 is 0. The molecule has 1 aliphatic rings. The molecule has 3 rings (SSSR count). The van der Waals surface area contributed by atoms with E-state index in [2.05, 4.69) is 16.6 Å². The highest BCUT2D eigenvalue weighted by molar-refractivity contribution is 6.39. The van der Waals surface area contributed by atoms with Gasteiger partial charge in [-0.15, -0.1) is 6.58 Å². The minimum Gasteiger partial charge on any atom is -0.504 e. The van der Waals surface area contributed by atoms with Crippen LogP contribution in [0.4, 0.5) is 10.5 Å². The second-order valence-electron chi connectivity index (χ2n) is 6.72. The van der Waals surface area contributed by atoms with Crippen LogP contribution in [0.25, 0.3) is 6.08 Å². The lowest BCUT2D eigenvalue weighted by molar-refractivity contribution is -0.122. The van der Waals surface area contributed by atoms with Crippen molar-refractivity contribution in [1.29, 1.82) is 0 Å². The zero-order chi connectivity index (χ0) is 23.4. The number of hydrogen-bond acceptors (Lipinski definition) is 7. The number of nitrogens with zero attached hydrogens (tertiary/aromatic N) is 1. The first-order valence-corrected chi connectivity index (χ1v) is 9.41. The molecular weight excluding hydrogens is 416 g/mol. The molecule has 9 heteroatoms. The molecule has 1 saturated heterocycles. The predicted octanol–water partition coefficient (Wildman–Crippen LogP) is 2.58. The third-order valence-electron chi connectivity index (χ3n) is 4.72. The molecular formula is C23H20N2O7. The van der Waals surface area contributed by atoms with Crippen LogP contribution in [-0.2, 0) is 20.7 Å². The van der Waals surface area contributed by atoms with Crippen molar-refractivity contribution >= 4 is 35.6 Å². The second-order valence-corrected chi connectivity index (χ2v) is 6.72. The molecule has 0 spiro atoms. The highest BCUT2D eigenvalue weighted by Gasteiger charge is 2.37. The van der Waals surface area contributed by atoms with Crippen LogP contribution in [0, 0.1) is 0 Å². The van der Waals surface area contributed by atoms with Crippen molar-refractivity contribution in [1.82, 2.24) is 5.32 Å². The Morgan fingerprint density at radius 3 is 2.44 bits per heavy atom. The third kappa shape index (κ3) is 4.22. The standard InChI is InChI=1S/C23H20N2O7/c1-4-5-15-10-13(12-18(31-2)19(15)26)11-17-20(27)24-23(30)25(21(17)28)16-8-6-14(7-9-16)22(29)32-3/h4,6-12,26H,1,5H2,2-3H3,(H,24,27,30)/b17-11+. The number of esters is 1. The van der Waals surface area contributed by atoms with Crippen LogP contribution in [0.3, 0.4) is 0 Å². The smallest absolute Gasteiger partial charge is 0.337 e. The minimum atomic E-state index is -0.918. The van der Waals surface area contributed by atoms with Crippen molar-refractivity contribution in [3.8, 4) is 11.5 Å². The maximum Gasteiger partial charge on any atom is 0.337 e. The quantitative estimate of drug-likeness (QED) is 0.309. The van der Waals surface area contributed by atoms with Crippen LogP contribution in [-0.4, -0.2) is 43.1 Å². The Hall–Kier alpha value is -4.40. The Labute approximate surface area is 183 Å². The normalized spacial score (nSPS) is 14.9. The number of hydrogen-bond donors (Lipinski definition) is 2. The summed E-state index contributed by atoms with van der Waals surface area (Å²) < 4.78 is 9.79. The van der Waals surface area contributed by atoms with Gasteiger partial charge in [-0.3, -0.25) is 14.9 Å². The van der Waals surface area contributed by atoms with Crippen LogP contribution < -0.4 is 15.0 Å². The van der Waals surface area contributed by atoms with Crippen molar-refractivity contribution in [3.63, 3.8) is 0 Å². The Morgan fingerprint density at radius 1 is 1.16 bits per heavy atom. The predicted molar refractivity (Wildman–Crippen MR) is 115 cm³/mol. The number of anilines is 1. The summed E-state index contributed by atoms with van der Waals surface area (Å²) in [5.74, 6) is -2.19. The summed E-state index contributed by atoms with van der Waals surface area (Å²) in [5, 5.41) is 12.4. The number of rotatable bonds is 6. The lowest BCUT2D eigenvalue weighted by atomic mass is 10.0. The lowest BCUT2D eigenvalue weighted by Gasteiger charge is -2.26. The molecule has 0 atom stereocenters. The van der Waals surface area contributed by atoms with E-state index in [1.807, 2.05) is 0 Å². The van der Waals surface area contributed by atoms with E-state index < -0.39 is 23.8 Å². The van der Waals surface area contributed by atoms with Gasteiger partial charge in [-0.1, -0.05) is 6.08 Å². The number of imide groups is 2. The maximum absolute atomic E-state index is 13.0. The minimum absolute atomic E-state index is 0.0727. The number of barbiturate groups is 1. The van der Waals surface area contributed by atoms with E-state index in [0.29, 0.717) is 17.5 Å². The maximum atomic E-state index is 13.0. The SMILES string of the molecule is C=CCc1cc(/C=C2\C(=O)NC(=O)N(c3ccc(C(=O)OC)cc3)C2=O)cc(OC)c1O. The molecule has 1 heterocycles. The molecule has 2 N–H and O–H groups in total. The van der Waals surface area contributed by atoms with Gasteiger partial charge in [-0.25, -0.2) is 14.5 Å². The van der Waals surface area contributed by atoms with E-state index >= 15 is 0 Å². The summed E-state index contributed by atoms with van der Waals surface area (Å²) in [4.78, 5) is 50.2. The van der Waals surface area contributed by atoms with Gasteiger partial charge in [-0.2, -0.15) is 0 Å². The zero-order valence-electron chi connectivity index (χ0n) is 17.4. The van der Waals surface area contributed by atoms with E-state index in [0.717, 1.165) is 4.90 Å². The fourth-order valence-corrected chi connectivity index (χ4v) is 3.16. The molecule has 0 unspecified atom stereocenters. The topological polar surface area (TPSA) is 122 Å². The molecule has 0 aliphatic carbocycles. The first-order valence-electron chi connectivity index (χ1n) is 9.41. The number of phenols is 1. The Morgan fingerprint density at radius 2 is 1.84 bits per heavy atom. The van der Waals surface area contributed by atoms with E-state index in [9.17, 15) is 24.3 Å². The molecule has 32 heavy (non-hydrogen) atoms. The molecule has 0 saturated carbocycles. The molecule has 9 nitrogen and oxygen atoms in total. The van der Waals surface area contributed by atoms with Crippen LogP contribution in [0.15, 0.2) is 54.6 Å². The molecule has 4 amide bonds. The zero-order valence-corrected chi connectivity index (χ0v) is 17.4. The molecule has 1 fully saturated rings. The Balaban J connectivity index is 2.01. The number of methoxy groups -OCH3 is 2. The van der Waals surface area contributed by atoms with E-state index in [1.165, 1.54) is 50.6 Å². The number of ether oxygens (including phenoxy) is 2. The summed E-state index contributed by atoms with van der Waals surface area (Å²) in [6.45, 7) is 3.64. The van der Waals surface area contributed by atoms with Crippen molar-refractivity contribution in [2.45, 2.75) is 6.42 Å². The van der Waals surface area contributed by atoms with Gasteiger partial charge in [0.2, 0.25) is 0 Å². The summed E-state index contributed by atoms with van der Waals surface area (Å²) in [5.41, 5.74) is 0.999. The van der Waals surface area contributed by atoms with Crippen LogP contribution in [0.2, 0.25) is 0 Å². The average molecular weight is 436 g/mol. The number of amides is 4. The molecule has 0 radical (unpaired) electrons. The van der Waals surface area contributed by atoms with Gasteiger partial charge in [0, 0.05) is 5.56 Å². The molecule has 164 valence electrons. The molecule has 1 aliphatic heterocycles. The van der Waals surface area contributed by atoms with Gasteiger partial charge in [0.1, 0.15) is 5.57 Å². The van der Waals surface area contributed by atoms with Crippen molar-refractivity contribution < 1.29 is 33.8 Å². The van der Waals surface area contributed by atoms with Crippen molar-refractivity contribution in [3.05, 3.63) is 71.3 Å². The van der Waals surface area contributed by atoms with Gasteiger partial charge in [0.15, 0.2) is 11.5 Å². The number of phenolic OH excluding ortho intramolecular Hbond substituents is 1. The number of carbonyl (C=O) groups excluding carboxylic acids is 4. The number of aromatic hydroxyl groups is 1. The highest BCUT2D eigenvalue weighted by atomic mass is 16.5. The monoisotopic (exact) mass is 436 g/mol. The van der Waals surface area contributed by atoms with E-state index in [-0.39, 0.29) is 28.3 Å². The number of carbonyl (C=O) groups is 4. The van der Waals surface area contributed by atoms with Gasteiger partial charge in [0.25, 0.3) is 11.8 Å². The first-order chi connectivity index (χ1) is 15.3. The fourth-order valence-electron chi connectivity index (χ4n) is 3.16. The average Bonchev–Trinajstić information content (AvgIpc) is 2.78. The number of nitrogens with one attached hydrogen (secondary N) is 1. The Kier molecular flexibility index (Phi) is 6.39. The summed E-state index contributed by atoms with van der Waals surface area (Å²) in [6.07, 6.45) is 3.22. The molecule has 2 aromatic carbocycles. The van der Waals surface area contributed by atoms with Gasteiger partial charge in [0.05, 0.1) is 25.5 Å². The van der Waals surface area contributed by atoms with Crippen LogP contribution in [0.1, 0.15) is 21.5 Å². The highest BCUT2D eigenvalue weighted by Crippen LogP contribution is 2.33. The van der Waals surface area contributed by atoms with Crippen molar-refractivity contribution in [2.24, 2.45) is 0 Å². The number of benzene rings is 2. The second kappa shape index (κ2) is 9.17. The van der Waals surface area contributed by atoms with Gasteiger partial charge >= 0.3 is 12.0 Å². The third-order valence-corrected chi connectivity index (χ3v) is 4.72. The van der Waals surface area contributed by atoms with E-state index in [1.54, 1.807) is 12.1 Å². The molecule has 2 aromatic rings. The molecule has 0 bridgehead atoms.